The van der Waals surface area contributed by atoms with Crippen molar-refractivity contribution in [3.8, 4) is 0 Å². The smallest absolute Gasteiger partial charge is 0.309 e. The van der Waals surface area contributed by atoms with E-state index in [1.165, 1.54) is 6.07 Å². The molecular formula is C21H20ClF2N3O3S. The Kier molecular flexibility index (Phi) is 7.07. The summed E-state index contributed by atoms with van der Waals surface area (Å²) in [6.07, 6.45) is 2.12. The number of nitrogens with zero attached hydrogens (tertiary/aromatic N) is 2. The highest BCUT2D eigenvalue weighted by atomic mass is 35.5. The summed E-state index contributed by atoms with van der Waals surface area (Å²) in [4.78, 5) is 27.9. The highest BCUT2D eigenvalue weighted by molar-refractivity contribution is 7.19. The van der Waals surface area contributed by atoms with Crippen LogP contribution in [0.5, 0.6) is 0 Å². The van der Waals surface area contributed by atoms with Gasteiger partial charge in [-0.15, -0.1) is 0 Å². The molecule has 0 radical (unpaired) electrons. The molecule has 3 aromatic rings. The first-order valence-electron chi connectivity index (χ1n) is 9.43. The molecule has 1 aromatic carbocycles. The van der Waals surface area contributed by atoms with Crippen LogP contribution >= 0.6 is 22.9 Å². The number of carbonyl (C=O) groups excluding carboxylic acids is 1. The zero-order valence-electron chi connectivity index (χ0n) is 16.8. The molecule has 0 aliphatic carbocycles. The monoisotopic (exact) mass is 467 g/mol. The fraction of sp³-hybridized carbons (Fsp3) is 0.286. The van der Waals surface area contributed by atoms with E-state index in [0.717, 1.165) is 29.0 Å². The normalized spacial score (nSPS) is 11.2. The molecule has 2 aromatic heterocycles. The standard InChI is InChI=1S/C21H20ClF2N3O3S/c1-11(2)5-12-6-17(27(9-12)10-13-3-4-14(23)7-15(13)24)20(30)26-21-25-16(8-18(28)29)19(22)31-21/h3-4,6-7,9,11H,5,8,10H2,1-2H3,(H,28,29)(H,25,26,30). The molecule has 0 spiro atoms. The van der Waals surface area contributed by atoms with Crippen LogP contribution in [0.3, 0.4) is 0 Å². The average Bonchev–Trinajstić information content (AvgIpc) is 3.19. The summed E-state index contributed by atoms with van der Waals surface area (Å²) >= 11 is 6.97. The minimum atomic E-state index is -1.08. The quantitative estimate of drug-likeness (QED) is 0.488. The number of carbonyl (C=O) groups is 2. The number of benzene rings is 1. The molecule has 0 unspecified atom stereocenters. The molecule has 1 amide bonds. The third-order valence-electron chi connectivity index (χ3n) is 4.37. The van der Waals surface area contributed by atoms with Gasteiger partial charge in [-0.25, -0.2) is 13.8 Å². The Morgan fingerprint density at radius 3 is 2.68 bits per heavy atom. The second-order valence-corrected chi connectivity index (χ2v) is 9.06. The van der Waals surface area contributed by atoms with Crippen LogP contribution in [0, 0.1) is 17.6 Å². The van der Waals surface area contributed by atoms with Crippen molar-refractivity contribution in [1.29, 1.82) is 0 Å². The van der Waals surface area contributed by atoms with Crippen LogP contribution in [0.25, 0.3) is 0 Å². The van der Waals surface area contributed by atoms with Gasteiger partial charge < -0.3 is 9.67 Å². The zero-order valence-corrected chi connectivity index (χ0v) is 18.4. The molecule has 31 heavy (non-hydrogen) atoms. The Balaban J connectivity index is 1.88. The highest BCUT2D eigenvalue weighted by Crippen LogP contribution is 2.29. The molecule has 0 fully saturated rings. The number of aromatic nitrogens is 2. The second kappa shape index (κ2) is 9.57. The number of thiazole rings is 1. The fourth-order valence-electron chi connectivity index (χ4n) is 3.11. The largest absolute Gasteiger partial charge is 0.481 e. The van der Waals surface area contributed by atoms with Crippen LogP contribution in [0.4, 0.5) is 13.9 Å². The van der Waals surface area contributed by atoms with Gasteiger partial charge in [0.15, 0.2) is 5.13 Å². The average molecular weight is 468 g/mol. The van der Waals surface area contributed by atoms with Gasteiger partial charge in [0, 0.05) is 17.8 Å². The van der Waals surface area contributed by atoms with Crippen LogP contribution in [0.2, 0.25) is 4.34 Å². The van der Waals surface area contributed by atoms with E-state index in [9.17, 15) is 18.4 Å². The minimum absolute atomic E-state index is 0.0376. The molecule has 2 heterocycles. The number of amides is 1. The number of aliphatic carboxylic acids is 1. The first-order chi connectivity index (χ1) is 14.6. The van der Waals surface area contributed by atoms with Gasteiger partial charge in [0.2, 0.25) is 0 Å². The summed E-state index contributed by atoms with van der Waals surface area (Å²) in [5, 5.41) is 11.7. The molecule has 164 valence electrons. The lowest BCUT2D eigenvalue weighted by Crippen LogP contribution is -2.17. The molecule has 6 nitrogen and oxygen atoms in total. The van der Waals surface area contributed by atoms with E-state index in [4.69, 9.17) is 16.7 Å². The molecule has 0 saturated carbocycles. The van der Waals surface area contributed by atoms with Crippen LogP contribution < -0.4 is 5.32 Å². The van der Waals surface area contributed by atoms with Crippen molar-refractivity contribution in [2.24, 2.45) is 5.92 Å². The summed E-state index contributed by atoms with van der Waals surface area (Å²) in [6.45, 7) is 4.12. The minimum Gasteiger partial charge on any atom is -0.481 e. The van der Waals surface area contributed by atoms with Crippen LogP contribution in [-0.2, 0) is 24.2 Å². The molecule has 2 N–H and O–H groups in total. The summed E-state index contributed by atoms with van der Waals surface area (Å²) in [5.74, 6) is -2.62. The van der Waals surface area contributed by atoms with E-state index in [-0.39, 0.29) is 39.4 Å². The maximum Gasteiger partial charge on any atom is 0.309 e. The Labute approximate surface area is 186 Å². The summed E-state index contributed by atoms with van der Waals surface area (Å²) in [6, 6.07) is 5.02. The van der Waals surface area contributed by atoms with Gasteiger partial charge in [-0.2, -0.15) is 0 Å². The lowest BCUT2D eigenvalue weighted by Gasteiger charge is -2.10. The topological polar surface area (TPSA) is 84.2 Å². The molecule has 10 heteroatoms. The number of hydrogen-bond acceptors (Lipinski definition) is 4. The van der Waals surface area contributed by atoms with E-state index >= 15 is 0 Å². The summed E-state index contributed by atoms with van der Waals surface area (Å²) in [5.41, 5.74) is 1.57. The van der Waals surface area contributed by atoms with Gasteiger partial charge in [-0.1, -0.05) is 42.9 Å². The number of carboxylic acids is 1. The van der Waals surface area contributed by atoms with Gasteiger partial charge in [-0.05, 0) is 30.0 Å². The van der Waals surface area contributed by atoms with Crippen LogP contribution in [0.1, 0.15) is 41.2 Å². The van der Waals surface area contributed by atoms with E-state index in [1.807, 2.05) is 13.8 Å². The van der Waals surface area contributed by atoms with Crippen molar-refractivity contribution in [2.45, 2.75) is 33.2 Å². The Hall–Kier alpha value is -2.78. The fourth-order valence-corrected chi connectivity index (χ4v) is 4.14. The predicted molar refractivity (Wildman–Crippen MR) is 115 cm³/mol. The molecule has 3 rings (SSSR count). The second-order valence-electron chi connectivity index (χ2n) is 7.46. The van der Waals surface area contributed by atoms with Crippen molar-refractivity contribution in [1.82, 2.24) is 9.55 Å². The third kappa shape index (κ3) is 5.89. The molecule has 0 aliphatic rings. The van der Waals surface area contributed by atoms with E-state index in [0.29, 0.717) is 12.3 Å². The molecule has 0 bridgehead atoms. The van der Waals surface area contributed by atoms with Crippen LogP contribution in [-0.4, -0.2) is 26.5 Å². The van der Waals surface area contributed by atoms with E-state index in [2.05, 4.69) is 10.3 Å². The molecular weight excluding hydrogens is 448 g/mol. The van der Waals surface area contributed by atoms with E-state index in [1.54, 1.807) is 16.8 Å². The van der Waals surface area contributed by atoms with Gasteiger partial charge >= 0.3 is 5.97 Å². The molecule has 0 saturated heterocycles. The number of halogens is 3. The predicted octanol–water partition coefficient (Wildman–Crippen LogP) is 5.00. The number of anilines is 1. The van der Waals surface area contributed by atoms with E-state index < -0.39 is 23.5 Å². The maximum atomic E-state index is 14.2. The van der Waals surface area contributed by atoms with Crippen molar-refractivity contribution < 1.29 is 23.5 Å². The van der Waals surface area contributed by atoms with Crippen molar-refractivity contribution >= 4 is 39.9 Å². The molecule has 0 atom stereocenters. The van der Waals surface area contributed by atoms with Crippen molar-refractivity contribution in [3.63, 3.8) is 0 Å². The van der Waals surface area contributed by atoms with Gasteiger partial charge in [0.05, 0.1) is 18.7 Å². The summed E-state index contributed by atoms with van der Waals surface area (Å²) < 4.78 is 29.2. The Bertz CT molecular complexity index is 1130. The maximum absolute atomic E-state index is 14.2. The lowest BCUT2D eigenvalue weighted by molar-refractivity contribution is -0.136. The zero-order chi connectivity index (χ0) is 22.7. The van der Waals surface area contributed by atoms with Gasteiger partial charge in [-0.3, -0.25) is 14.9 Å². The van der Waals surface area contributed by atoms with Crippen molar-refractivity contribution in [3.05, 3.63) is 68.9 Å². The summed E-state index contributed by atoms with van der Waals surface area (Å²) in [7, 11) is 0. The SMILES string of the molecule is CC(C)Cc1cc(C(=O)Nc2nc(CC(=O)O)c(Cl)s2)n(Cc2ccc(F)cc2F)c1. The van der Waals surface area contributed by atoms with Crippen LogP contribution in [0.15, 0.2) is 30.5 Å². The highest BCUT2D eigenvalue weighted by Gasteiger charge is 2.19. The number of rotatable bonds is 8. The third-order valence-corrected chi connectivity index (χ3v) is 5.63. The number of hydrogen-bond donors (Lipinski definition) is 2. The number of nitrogens with one attached hydrogen (secondary N) is 1. The Morgan fingerprint density at radius 1 is 1.29 bits per heavy atom. The Morgan fingerprint density at radius 2 is 2.03 bits per heavy atom. The van der Waals surface area contributed by atoms with Gasteiger partial charge in [0.25, 0.3) is 5.91 Å². The first kappa shape index (κ1) is 22.9. The first-order valence-corrected chi connectivity index (χ1v) is 10.6. The lowest BCUT2D eigenvalue weighted by atomic mass is 10.1. The van der Waals surface area contributed by atoms with Crippen molar-refractivity contribution in [2.75, 3.05) is 5.32 Å². The van der Waals surface area contributed by atoms with Gasteiger partial charge in [0.1, 0.15) is 21.7 Å². The number of carboxylic acid groups (broad SMARTS) is 1. The molecule has 0 aliphatic heterocycles.